The minimum Gasteiger partial charge on any atom is -0.367 e. The summed E-state index contributed by atoms with van der Waals surface area (Å²) < 4.78 is 13.4. The summed E-state index contributed by atoms with van der Waals surface area (Å²) >= 11 is 0. The van der Waals surface area contributed by atoms with Gasteiger partial charge in [-0.05, 0) is 26.0 Å². The van der Waals surface area contributed by atoms with Crippen LogP contribution in [0.4, 0.5) is 15.8 Å². The van der Waals surface area contributed by atoms with Crippen molar-refractivity contribution < 1.29 is 9.31 Å². The first kappa shape index (κ1) is 12.8. The predicted octanol–water partition coefficient (Wildman–Crippen LogP) is 1.92. The SMILES string of the molecule is CCN(c1cc(F)cc([N+](=O)[O-])c1)C1CCNC1. The van der Waals surface area contributed by atoms with Crippen LogP contribution in [0.3, 0.4) is 0 Å². The average molecular weight is 253 g/mol. The summed E-state index contributed by atoms with van der Waals surface area (Å²) in [5.74, 6) is -0.566. The summed E-state index contributed by atoms with van der Waals surface area (Å²) in [6.07, 6.45) is 0.970. The number of likely N-dealkylation sites (N-methyl/N-ethyl adjacent to an activating group) is 1. The van der Waals surface area contributed by atoms with Gasteiger partial charge in [0.15, 0.2) is 0 Å². The molecule has 1 fully saturated rings. The highest BCUT2D eigenvalue weighted by atomic mass is 19.1. The van der Waals surface area contributed by atoms with Crippen molar-refractivity contribution in [2.24, 2.45) is 0 Å². The lowest BCUT2D eigenvalue weighted by molar-refractivity contribution is -0.385. The van der Waals surface area contributed by atoms with Crippen molar-refractivity contribution in [2.45, 2.75) is 19.4 Å². The van der Waals surface area contributed by atoms with Gasteiger partial charge < -0.3 is 10.2 Å². The van der Waals surface area contributed by atoms with Crippen molar-refractivity contribution in [3.8, 4) is 0 Å². The summed E-state index contributed by atoms with van der Waals surface area (Å²) in [5, 5.41) is 14.0. The summed E-state index contributed by atoms with van der Waals surface area (Å²) in [6, 6.07) is 4.01. The molecule has 1 N–H and O–H groups in total. The van der Waals surface area contributed by atoms with Crippen molar-refractivity contribution >= 4 is 11.4 Å². The lowest BCUT2D eigenvalue weighted by Gasteiger charge is -2.29. The Labute approximate surface area is 105 Å². The fraction of sp³-hybridized carbons (Fsp3) is 0.500. The maximum absolute atomic E-state index is 13.4. The van der Waals surface area contributed by atoms with Crippen LogP contribution in [-0.4, -0.2) is 30.6 Å². The molecule has 1 aromatic rings. The van der Waals surface area contributed by atoms with Gasteiger partial charge in [-0.3, -0.25) is 10.1 Å². The molecular weight excluding hydrogens is 237 g/mol. The molecule has 0 aliphatic carbocycles. The molecule has 1 unspecified atom stereocenters. The lowest BCUT2D eigenvalue weighted by Crippen LogP contribution is -2.36. The summed E-state index contributed by atoms with van der Waals surface area (Å²) in [4.78, 5) is 12.2. The first-order chi connectivity index (χ1) is 8.61. The molecule has 0 radical (unpaired) electrons. The van der Waals surface area contributed by atoms with Crippen molar-refractivity contribution in [3.05, 3.63) is 34.1 Å². The number of nitro groups is 1. The number of nitrogens with one attached hydrogen (secondary N) is 1. The Morgan fingerprint density at radius 3 is 2.89 bits per heavy atom. The molecule has 1 aromatic carbocycles. The molecule has 0 bridgehead atoms. The molecule has 1 aliphatic rings. The van der Waals surface area contributed by atoms with Gasteiger partial charge in [0.05, 0.1) is 11.0 Å². The molecule has 1 atom stereocenters. The first-order valence-corrected chi connectivity index (χ1v) is 6.04. The van der Waals surface area contributed by atoms with Crippen molar-refractivity contribution in [1.29, 1.82) is 0 Å². The number of hydrogen-bond donors (Lipinski definition) is 1. The van der Waals surface area contributed by atoms with E-state index in [1.54, 1.807) is 0 Å². The monoisotopic (exact) mass is 253 g/mol. The van der Waals surface area contributed by atoms with Crippen LogP contribution in [-0.2, 0) is 0 Å². The number of halogens is 1. The minimum atomic E-state index is -0.566. The van der Waals surface area contributed by atoms with Gasteiger partial charge in [-0.1, -0.05) is 0 Å². The van der Waals surface area contributed by atoms with Gasteiger partial charge in [-0.15, -0.1) is 0 Å². The second kappa shape index (κ2) is 5.30. The quantitative estimate of drug-likeness (QED) is 0.658. The Morgan fingerprint density at radius 1 is 1.56 bits per heavy atom. The number of anilines is 1. The Hall–Kier alpha value is -1.69. The Bertz CT molecular complexity index is 447. The van der Waals surface area contributed by atoms with Crippen molar-refractivity contribution in [2.75, 3.05) is 24.5 Å². The second-order valence-electron chi connectivity index (χ2n) is 4.36. The number of hydrogen-bond acceptors (Lipinski definition) is 4. The van der Waals surface area contributed by atoms with E-state index in [-0.39, 0.29) is 11.7 Å². The smallest absolute Gasteiger partial charge is 0.274 e. The third-order valence-electron chi connectivity index (χ3n) is 3.23. The molecule has 0 amide bonds. The zero-order valence-corrected chi connectivity index (χ0v) is 10.2. The van der Waals surface area contributed by atoms with E-state index in [1.165, 1.54) is 12.1 Å². The summed E-state index contributed by atoms with van der Waals surface area (Å²) in [6.45, 7) is 4.43. The fourth-order valence-corrected chi connectivity index (χ4v) is 2.39. The average Bonchev–Trinajstić information content (AvgIpc) is 2.83. The van der Waals surface area contributed by atoms with Crippen LogP contribution in [0.25, 0.3) is 0 Å². The largest absolute Gasteiger partial charge is 0.367 e. The van der Waals surface area contributed by atoms with E-state index < -0.39 is 10.7 Å². The van der Waals surface area contributed by atoms with Gasteiger partial charge in [-0.2, -0.15) is 0 Å². The van der Waals surface area contributed by atoms with E-state index >= 15 is 0 Å². The Balaban J connectivity index is 2.32. The maximum Gasteiger partial charge on any atom is 0.274 e. The zero-order valence-electron chi connectivity index (χ0n) is 10.2. The number of non-ortho nitro benzene ring substituents is 1. The van der Waals surface area contributed by atoms with Gasteiger partial charge in [0.25, 0.3) is 5.69 Å². The standard InChI is InChI=1S/C12H16FN3O2/c1-2-15(10-3-4-14-8-10)11-5-9(13)6-12(7-11)16(17)18/h5-7,10,14H,2-4,8H2,1H3. The fourth-order valence-electron chi connectivity index (χ4n) is 2.39. The van der Waals surface area contributed by atoms with Gasteiger partial charge in [0.2, 0.25) is 0 Å². The highest BCUT2D eigenvalue weighted by molar-refractivity contribution is 5.54. The van der Waals surface area contributed by atoms with Crippen molar-refractivity contribution in [1.82, 2.24) is 5.32 Å². The molecular formula is C12H16FN3O2. The van der Waals surface area contributed by atoms with E-state index in [1.807, 2.05) is 11.8 Å². The number of rotatable bonds is 4. The molecule has 0 spiro atoms. The molecule has 1 aliphatic heterocycles. The van der Waals surface area contributed by atoms with Crippen LogP contribution in [0.1, 0.15) is 13.3 Å². The van der Waals surface area contributed by atoms with Crippen LogP contribution in [0.15, 0.2) is 18.2 Å². The van der Waals surface area contributed by atoms with Crippen LogP contribution >= 0.6 is 0 Å². The van der Waals surface area contributed by atoms with E-state index in [0.717, 1.165) is 25.6 Å². The zero-order chi connectivity index (χ0) is 13.1. The maximum atomic E-state index is 13.4. The number of nitro benzene ring substituents is 1. The van der Waals surface area contributed by atoms with Gasteiger partial charge >= 0.3 is 0 Å². The van der Waals surface area contributed by atoms with Crippen molar-refractivity contribution in [3.63, 3.8) is 0 Å². The topological polar surface area (TPSA) is 58.4 Å². The van der Waals surface area contributed by atoms with E-state index in [2.05, 4.69) is 5.32 Å². The number of nitrogens with zero attached hydrogens (tertiary/aromatic N) is 2. The van der Waals surface area contributed by atoms with Crippen LogP contribution < -0.4 is 10.2 Å². The van der Waals surface area contributed by atoms with E-state index in [9.17, 15) is 14.5 Å². The lowest BCUT2D eigenvalue weighted by atomic mass is 10.1. The highest BCUT2D eigenvalue weighted by Gasteiger charge is 2.23. The van der Waals surface area contributed by atoms with Gasteiger partial charge in [0.1, 0.15) is 5.82 Å². The number of benzene rings is 1. The van der Waals surface area contributed by atoms with Crippen LogP contribution in [0.2, 0.25) is 0 Å². The van der Waals surface area contributed by atoms with Crippen LogP contribution in [0, 0.1) is 15.9 Å². The van der Waals surface area contributed by atoms with E-state index in [4.69, 9.17) is 0 Å². The molecule has 6 heteroatoms. The summed E-state index contributed by atoms with van der Waals surface area (Å²) in [5.41, 5.74) is 0.382. The Morgan fingerprint density at radius 2 is 2.33 bits per heavy atom. The molecule has 98 valence electrons. The molecule has 0 aromatic heterocycles. The molecule has 0 saturated carbocycles. The minimum absolute atomic E-state index is 0.200. The molecule has 1 saturated heterocycles. The van der Waals surface area contributed by atoms with Gasteiger partial charge in [0, 0.05) is 30.9 Å². The molecule has 18 heavy (non-hydrogen) atoms. The molecule has 1 heterocycles. The Kier molecular flexibility index (Phi) is 3.76. The van der Waals surface area contributed by atoms with E-state index in [0.29, 0.717) is 12.2 Å². The van der Waals surface area contributed by atoms with Crippen LogP contribution in [0.5, 0.6) is 0 Å². The summed E-state index contributed by atoms with van der Waals surface area (Å²) in [7, 11) is 0. The first-order valence-electron chi connectivity index (χ1n) is 6.04. The molecule has 2 rings (SSSR count). The normalized spacial score (nSPS) is 18.9. The highest BCUT2D eigenvalue weighted by Crippen LogP contribution is 2.26. The second-order valence-corrected chi connectivity index (χ2v) is 4.36. The third-order valence-corrected chi connectivity index (χ3v) is 3.23. The van der Waals surface area contributed by atoms with Gasteiger partial charge in [-0.25, -0.2) is 4.39 Å². The molecule has 5 nitrogen and oxygen atoms in total. The predicted molar refractivity (Wildman–Crippen MR) is 67.3 cm³/mol. The third kappa shape index (κ3) is 2.59.